The van der Waals surface area contributed by atoms with Crippen LogP contribution in [0.25, 0.3) is 0 Å². The highest BCUT2D eigenvalue weighted by Gasteiger charge is 2.27. The van der Waals surface area contributed by atoms with E-state index >= 15 is 0 Å². The highest BCUT2D eigenvalue weighted by atomic mass is 16.1. The van der Waals surface area contributed by atoms with Gasteiger partial charge in [0.2, 0.25) is 0 Å². The third-order valence-corrected chi connectivity index (χ3v) is 7.67. The molecule has 1 saturated carbocycles. The van der Waals surface area contributed by atoms with Crippen molar-refractivity contribution in [3.05, 3.63) is 11.1 Å². The van der Waals surface area contributed by atoms with Crippen molar-refractivity contribution in [3.63, 3.8) is 0 Å². The van der Waals surface area contributed by atoms with E-state index in [-0.39, 0.29) is 0 Å². The Bertz CT molecular complexity index is 467. The van der Waals surface area contributed by atoms with Gasteiger partial charge in [0, 0.05) is 12.8 Å². The van der Waals surface area contributed by atoms with Gasteiger partial charge in [-0.1, -0.05) is 88.7 Å². The van der Waals surface area contributed by atoms with Crippen LogP contribution in [0.4, 0.5) is 0 Å². The van der Waals surface area contributed by atoms with Crippen LogP contribution in [0.3, 0.4) is 0 Å². The summed E-state index contributed by atoms with van der Waals surface area (Å²) in [5, 5.41) is 0. The molecule has 0 aromatic carbocycles. The molecule has 0 radical (unpaired) electrons. The van der Waals surface area contributed by atoms with Gasteiger partial charge >= 0.3 is 0 Å². The van der Waals surface area contributed by atoms with Crippen LogP contribution in [0.2, 0.25) is 0 Å². The van der Waals surface area contributed by atoms with Gasteiger partial charge in [-0.05, 0) is 49.9 Å². The standard InChI is InChI=1S/C25H42O/c1-2-3-4-5-6-7-20-8-10-21(11-9-20)12-13-22-14-15-24-19-25(26)17-16-23(24)18-22/h20-22H,2-19H2,1H3. The molecular weight excluding hydrogens is 316 g/mol. The minimum Gasteiger partial charge on any atom is -0.299 e. The summed E-state index contributed by atoms with van der Waals surface area (Å²) >= 11 is 0. The molecule has 0 bridgehead atoms. The minimum absolute atomic E-state index is 0.490. The van der Waals surface area contributed by atoms with Gasteiger partial charge in [-0.2, -0.15) is 0 Å². The molecule has 3 aliphatic carbocycles. The van der Waals surface area contributed by atoms with Gasteiger partial charge in [0.1, 0.15) is 5.78 Å². The molecule has 3 rings (SSSR count). The molecule has 1 fully saturated rings. The fourth-order valence-electron chi connectivity index (χ4n) is 5.82. The molecule has 0 heterocycles. The van der Waals surface area contributed by atoms with Crippen molar-refractivity contribution in [2.24, 2.45) is 17.8 Å². The molecule has 0 aromatic rings. The van der Waals surface area contributed by atoms with Crippen LogP contribution in [0.1, 0.15) is 122 Å². The van der Waals surface area contributed by atoms with Gasteiger partial charge in [0.15, 0.2) is 0 Å². The summed E-state index contributed by atoms with van der Waals surface area (Å²) in [5.74, 6) is 3.49. The Balaban J connectivity index is 1.28. The molecule has 0 aromatic heterocycles. The van der Waals surface area contributed by atoms with Crippen LogP contribution in [0.5, 0.6) is 0 Å². The maximum atomic E-state index is 11.6. The average Bonchev–Trinajstić information content (AvgIpc) is 2.67. The van der Waals surface area contributed by atoms with Crippen molar-refractivity contribution in [3.8, 4) is 0 Å². The van der Waals surface area contributed by atoms with E-state index in [0.717, 1.165) is 37.0 Å². The zero-order valence-corrected chi connectivity index (χ0v) is 17.4. The first kappa shape index (κ1) is 20.2. The van der Waals surface area contributed by atoms with E-state index in [1.807, 2.05) is 0 Å². The lowest BCUT2D eigenvalue weighted by Gasteiger charge is -2.32. The predicted molar refractivity (Wildman–Crippen MR) is 111 cm³/mol. The van der Waals surface area contributed by atoms with Crippen LogP contribution < -0.4 is 0 Å². The number of hydrogen-bond donors (Lipinski definition) is 0. The third-order valence-electron chi connectivity index (χ3n) is 7.67. The average molecular weight is 359 g/mol. The number of allylic oxidation sites excluding steroid dienone is 2. The highest BCUT2D eigenvalue weighted by Crippen LogP contribution is 2.41. The molecule has 0 amide bonds. The van der Waals surface area contributed by atoms with E-state index in [2.05, 4.69) is 6.92 Å². The fourth-order valence-corrected chi connectivity index (χ4v) is 5.82. The molecule has 0 aliphatic heterocycles. The number of carbonyl (C=O) groups is 1. The normalized spacial score (nSPS) is 29.7. The maximum absolute atomic E-state index is 11.6. The molecule has 0 saturated heterocycles. The van der Waals surface area contributed by atoms with Crippen molar-refractivity contribution >= 4 is 5.78 Å². The lowest BCUT2D eigenvalue weighted by Crippen LogP contribution is -2.19. The van der Waals surface area contributed by atoms with Crippen LogP contribution in [0, 0.1) is 17.8 Å². The molecule has 148 valence electrons. The van der Waals surface area contributed by atoms with Gasteiger partial charge in [-0.25, -0.2) is 0 Å². The summed E-state index contributed by atoms with van der Waals surface area (Å²) in [5.41, 5.74) is 3.23. The van der Waals surface area contributed by atoms with Gasteiger partial charge in [0.25, 0.3) is 0 Å². The second-order valence-electron chi connectivity index (χ2n) is 9.70. The minimum atomic E-state index is 0.490. The Morgan fingerprint density at radius 3 is 2.15 bits per heavy atom. The molecule has 0 N–H and O–H groups in total. The van der Waals surface area contributed by atoms with Crippen molar-refractivity contribution < 1.29 is 4.79 Å². The first-order valence-corrected chi connectivity index (χ1v) is 12.0. The molecule has 1 nitrogen and oxygen atoms in total. The summed E-state index contributed by atoms with van der Waals surface area (Å²) in [4.78, 5) is 11.6. The van der Waals surface area contributed by atoms with Crippen LogP contribution in [-0.2, 0) is 4.79 Å². The van der Waals surface area contributed by atoms with Gasteiger partial charge < -0.3 is 0 Å². The molecule has 1 heteroatoms. The summed E-state index contributed by atoms with van der Waals surface area (Å²) in [6.07, 6.45) is 24.3. The number of ketones is 1. The summed E-state index contributed by atoms with van der Waals surface area (Å²) in [7, 11) is 0. The van der Waals surface area contributed by atoms with E-state index in [1.54, 1.807) is 5.57 Å². The highest BCUT2D eigenvalue weighted by molar-refractivity contribution is 5.82. The van der Waals surface area contributed by atoms with Crippen molar-refractivity contribution in [1.29, 1.82) is 0 Å². The first-order chi connectivity index (χ1) is 12.7. The predicted octanol–water partition coefficient (Wildman–Crippen LogP) is 7.78. The van der Waals surface area contributed by atoms with Crippen molar-refractivity contribution in [1.82, 2.24) is 0 Å². The summed E-state index contributed by atoms with van der Waals surface area (Å²) in [6, 6.07) is 0. The smallest absolute Gasteiger partial charge is 0.137 e. The van der Waals surface area contributed by atoms with Crippen molar-refractivity contribution in [2.45, 2.75) is 122 Å². The van der Waals surface area contributed by atoms with Gasteiger partial charge in [-0.15, -0.1) is 0 Å². The van der Waals surface area contributed by atoms with E-state index in [4.69, 9.17) is 0 Å². The lowest BCUT2D eigenvalue weighted by atomic mass is 9.73. The quantitative estimate of drug-likeness (QED) is 0.304. The fraction of sp³-hybridized carbons (Fsp3) is 0.880. The molecular formula is C25H42O. The Labute approximate surface area is 162 Å². The van der Waals surface area contributed by atoms with E-state index in [0.29, 0.717) is 5.78 Å². The second kappa shape index (κ2) is 10.7. The molecule has 26 heavy (non-hydrogen) atoms. The maximum Gasteiger partial charge on any atom is 0.137 e. The third kappa shape index (κ3) is 6.24. The molecule has 3 aliphatic rings. The number of Topliss-reactive ketones (excluding diaryl/α,β-unsaturated/α-hetero) is 1. The Hall–Kier alpha value is -0.590. The van der Waals surface area contributed by atoms with Crippen LogP contribution >= 0.6 is 0 Å². The Morgan fingerprint density at radius 2 is 1.38 bits per heavy atom. The number of rotatable bonds is 9. The van der Waals surface area contributed by atoms with E-state index < -0.39 is 0 Å². The van der Waals surface area contributed by atoms with Gasteiger partial charge in [-0.3, -0.25) is 4.79 Å². The van der Waals surface area contributed by atoms with E-state index in [1.165, 1.54) is 102 Å². The van der Waals surface area contributed by atoms with Gasteiger partial charge in [0.05, 0.1) is 0 Å². The van der Waals surface area contributed by atoms with Crippen LogP contribution in [0.15, 0.2) is 11.1 Å². The van der Waals surface area contributed by atoms with E-state index in [9.17, 15) is 4.79 Å². The first-order valence-electron chi connectivity index (χ1n) is 12.0. The number of unbranched alkanes of at least 4 members (excludes halogenated alkanes) is 4. The summed E-state index contributed by atoms with van der Waals surface area (Å²) < 4.78 is 0. The zero-order valence-electron chi connectivity index (χ0n) is 17.4. The summed E-state index contributed by atoms with van der Waals surface area (Å²) in [6.45, 7) is 2.31. The lowest BCUT2D eigenvalue weighted by molar-refractivity contribution is -0.118. The topological polar surface area (TPSA) is 17.1 Å². The van der Waals surface area contributed by atoms with Crippen molar-refractivity contribution in [2.75, 3.05) is 0 Å². The Kier molecular flexibility index (Phi) is 8.27. The second-order valence-corrected chi connectivity index (χ2v) is 9.70. The molecule has 0 spiro atoms. The number of carbonyl (C=O) groups excluding carboxylic acids is 1. The van der Waals surface area contributed by atoms with Crippen LogP contribution in [-0.4, -0.2) is 5.78 Å². The SMILES string of the molecule is CCCCCCCC1CCC(CCC2CCC3=C(CCC(=O)C3)C2)CC1. The Morgan fingerprint density at radius 1 is 0.692 bits per heavy atom. The zero-order chi connectivity index (χ0) is 18.2. The molecule has 1 unspecified atom stereocenters. The number of hydrogen-bond acceptors (Lipinski definition) is 1. The largest absolute Gasteiger partial charge is 0.299 e. The monoisotopic (exact) mass is 358 g/mol. The molecule has 1 atom stereocenters.